The van der Waals surface area contributed by atoms with E-state index in [1.165, 1.54) is 17.7 Å². The minimum Gasteiger partial charge on any atom is -0.309 e. The summed E-state index contributed by atoms with van der Waals surface area (Å²) in [4.78, 5) is 17.2. The molecule has 0 saturated carbocycles. The molecule has 2 aromatic rings. The van der Waals surface area contributed by atoms with Gasteiger partial charge in [0.1, 0.15) is 5.82 Å². The second-order valence-electron chi connectivity index (χ2n) is 7.33. The Morgan fingerprint density at radius 3 is 2.27 bits per heavy atom. The van der Waals surface area contributed by atoms with Gasteiger partial charge in [-0.1, -0.05) is 44.2 Å². The van der Waals surface area contributed by atoms with Gasteiger partial charge in [0.25, 0.3) is 0 Å². The molecule has 0 radical (unpaired) electrons. The lowest BCUT2D eigenvalue weighted by Crippen LogP contribution is -2.48. The van der Waals surface area contributed by atoms with Crippen LogP contribution in [0, 0.1) is 11.7 Å². The molecule has 26 heavy (non-hydrogen) atoms. The molecule has 1 amide bonds. The fourth-order valence-corrected chi connectivity index (χ4v) is 3.58. The molecule has 0 spiro atoms. The zero-order chi connectivity index (χ0) is 18.5. The maximum Gasteiger partial charge on any atom is 0.229 e. The summed E-state index contributed by atoms with van der Waals surface area (Å²) in [5.41, 5.74) is 2.12. The maximum atomic E-state index is 13.3. The summed E-state index contributed by atoms with van der Waals surface area (Å²) in [6.45, 7) is 6.71. The van der Waals surface area contributed by atoms with Crippen molar-refractivity contribution in [2.24, 2.45) is 5.92 Å². The van der Waals surface area contributed by atoms with Gasteiger partial charge in [-0.2, -0.15) is 0 Å². The predicted molar refractivity (Wildman–Crippen MR) is 103 cm³/mol. The van der Waals surface area contributed by atoms with Crippen LogP contribution >= 0.6 is 0 Å². The lowest BCUT2D eigenvalue weighted by atomic mass is 9.99. The average Bonchev–Trinajstić information content (AvgIpc) is 2.65. The fourth-order valence-electron chi connectivity index (χ4n) is 3.58. The van der Waals surface area contributed by atoms with E-state index in [1.54, 1.807) is 12.1 Å². The second-order valence-corrected chi connectivity index (χ2v) is 7.33. The fraction of sp³-hybridized carbons (Fsp3) is 0.409. The highest BCUT2D eigenvalue weighted by Gasteiger charge is 2.30. The molecule has 2 aromatic carbocycles. The first kappa shape index (κ1) is 18.6. The smallest absolute Gasteiger partial charge is 0.229 e. The normalized spacial score (nSPS) is 16.0. The molecule has 1 saturated heterocycles. The predicted octanol–water partition coefficient (Wildman–Crippen LogP) is 4.48. The van der Waals surface area contributed by atoms with Crippen molar-refractivity contribution >= 4 is 11.6 Å². The Kier molecular flexibility index (Phi) is 6.04. The van der Waals surface area contributed by atoms with Crippen molar-refractivity contribution in [3.05, 3.63) is 66.0 Å². The topological polar surface area (TPSA) is 23.6 Å². The van der Waals surface area contributed by atoms with Gasteiger partial charge in [-0.25, -0.2) is 4.39 Å². The number of carbonyl (C=O) groups is 1. The molecule has 3 rings (SSSR count). The number of anilines is 1. The largest absolute Gasteiger partial charge is 0.309 e. The van der Waals surface area contributed by atoms with Crippen molar-refractivity contribution in [3.63, 3.8) is 0 Å². The van der Waals surface area contributed by atoms with Crippen molar-refractivity contribution in [2.45, 2.75) is 39.3 Å². The van der Waals surface area contributed by atoms with Crippen molar-refractivity contribution in [3.8, 4) is 0 Å². The van der Waals surface area contributed by atoms with E-state index in [-0.39, 0.29) is 23.7 Å². The molecule has 0 bridgehead atoms. The summed E-state index contributed by atoms with van der Waals surface area (Å²) in [6, 6.07) is 16.9. The molecule has 3 nitrogen and oxygen atoms in total. The molecule has 1 fully saturated rings. The minimum absolute atomic E-state index is 0.0811. The highest BCUT2D eigenvalue weighted by Crippen LogP contribution is 2.26. The summed E-state index contributed by atoms with van der Waals surface area (Å²) < 4.78 is 13.3. The monoisotopic (exact) mass is 354 g/mol. The highest BCUT2D eigenvalue weighted by molar-refractivity contribution is 5.95. The van der Waals surface area contributed by atoms with Gasteiger partial charge in [0, 0.05) is 37.3 Å². The third-order valence-electron chi connectivity index (χ3n) is 5.01. The van der Waals surface area contributed by atoms with Crippen LogP contribution in [0.3, 0.4) is 0 Å². The lowest BCUT2D eigenvalue weighted by molar-refractivity contribution is -0.122. The van der Waals surface area contributed by atoms with Gasteiger partial charge < -0.3 is 4.90 Å². The van der Waals surface area contributed by atoms with Crippen molar-refractivity contribution < 1.29 is 9.18 Å². The van der Waals surface area contributed by atoms with Crippen LogP contribution in [0.1, 0.15) is 32.3 Å². The van der Waals surface area contributed by atoms with Gasteiger partial charge in [0.2, 0.25) is 5.91 Å². The van der Waals surface area contributed by atoms with E-state index in [2.05, 4.69) is 29.2 Å². The van der Waals surface area contributed by atoms with E-state index in [0.717, 1.165) is 38.2 Å². The van der Waals surface area contributed by atoms with E-state index in [4.69, 9.17) is 0 Å². The number of rotatable bonds is 5. The highest BCUT2D eigenvalue weighted by atomic mass is 19.1. The van der Waals surface area contributed by atoms with Gasteiger partial charge in [-0.15, -0.1) is 0 Å². The molecule has 0 N–H and O–H groups in total. The van der Waals surface area contributed by atoms with Crippen LogP contribution in [-0.2, 0) is 11.3 Å². The Hall–Kier alpha value is -2.20. The van der Waals surface area contributed by atoms with E-state index in [0.29, 0.717) is 0 Å². The molecular formula is C22H27FN2O. The van der Waals surface area contributed by atoms with Gasteiger partial charge in [-0.05, 0) is 42.7 Å². The van der Waals surface area contributed by atoms with E-state index >= 15 is 0 Å². The Bertz CT molecular complexity index is 707. The summed E-state index contributed by atoms with van der Waals surface area (Å²) in [7, 11) is 0. The number of nitrogens with zero attached hydrogens (tertiary/aromatic N) is 2. The summed E-state index contributed by atoms with van der Waals surface area (Å²) in [6.07, 6.45) is 1.87. The molecule has 0 aliphatic carbocycles. The summed E-state index contributed by atoms with van der Waals surface area (Å²) >= 11 is 0. The molecule has 4 heteroatoms. The van der Waals surface area contributed by atoms with Crippen molar-refractivity contribution in [1.82, 2.24) is 4.90 Å². The number of hydrogen-bond donors (Lipinski definition) is 0. The van der Waals surface area contributed by atoms with Crippen molar-refractivity contribution in [1.29, 1.82) is 0 Å². The quantitative estimate of drug-likeness (QED) is 0.790. The minimum atomic E-state index is -0.275. The Morgan fingerprint density at radius 2 is 1.69 bits per heavy atom. The van der Waals surface area contributed by atoms with Gasteiger partial charge in [0.15, 0.2) is 0 Å². The number of piperidine rings is 1. The van der Waals surface area contributed by atoms with E-state index in [9.17, 15) is 9.18 Å². The van der Waals surface area contributed by atoms with Gasteiger partial charge >= 0.3 is 0 Å². The van der Waals surface area contributed by atoms with Crippen LogP contribution in [0.15, 0.2) is 54.6 Å². The lowest BCUT2D eigenvalue weighted by Gasteiger charge is -2.39. The van der Waals surface area contributed by atoms with Crippen LogP contribution in [0.2, 0.25) is 0 Å². The number of amides is 1. The number of hydrogen-bond acceptors (Lipinski definition) is 2. The van der Waals surface area contributed by atoms with E-state index in [1.807, 2.05) is 24.8 Å². The molecular weight excluding hydrogens is 327 g/mol. The van der Waals surface area contributed by atoms with Crippen LogP contribution in [0.25, 0.3) is 0 Å². The molecule has 0 unspecified atom stereocenters. The Morgan fingerprint density at radius 1 is 1.08 bits per heavy atom. The SMILES string of the molecule is CC(C)C(=O)N(c1ccc(F)cc1)C1CCN(Cc2ccccc2)CC1. The molecule has 0 aromatic heterocycles. The maximum absolute atomic E-state index is 13.3. The second kappa shape index (κ2) is 8.45. The van der Waals surface area contributed by atoms with Crippen molar-refractivity contribution in [2.75, 3.05) is 18.0 Å². The Balaban J connectivity index is 1.69. The summed E-state index contributed by atoms with van der Waals surface area (Å²) in [5, 5.41) is 0. The van der Waals surface area contributed by atoms with Crippen LogP contribution in [0.5, 0.6) is 0 Å². The number of halogens is 1. The standard InChI is InChI=1S/C22H27FN2O/c1-17(2)22(26)25(20-10-8-19(23)9-11-20)21-12-14-24(15-13-21)16-18-6-4-3-5-7-18/h3-11,17,21H,12-16H2,1-2H3. The zero-order valence-corrected chi connectivity index (χ0v) is 15.6. The number of carbonyl (C=O) groups excluding carboxylic acids is 1. The van der Waals surface area contributed by atoms with Crippen LogP contribution in [0.4, 0.5) is 10.1 Å². The first-order valence-corrected chi connectivity index (χ1v) is 9.39. The molecule has 1 aliphatic heterocycles. The third-order valence-corrected chi connectivity index (χ3v) is 5.01. The number of benzene rings is 2. The number of likely N-dealkylation sites (tertiary alicyclic amines) is 1. The Labute approximate surface area is 155 Å². The molecule has 1 aliphatic rings. The van der Waals surface area contributed by atoms with Gasteiger partial charge in [-0.3, -0.25) is 9.69 Å². The first-order chi connectivity index (χ1) is 12.5. The summed E-state index contributed by atoms with van der Waals surface area (Å²) in [5.74, 6) is -0.246. The molecule has 1 heterocycles. The molecule has 0 atom stereocenters. The zero-order valence-electron chi connectivity index (χ0n) is 15.6. The van der Waals surface area contributed by atoms with Crippen LogP contribution < -0.4 is 4.90 Å². The van der Waals surface area contributed by atoms with Crippen LogP contribution in [-0.4, -0.2) is 29.9 Å². The average molecular weight is 354 g/mol. The van der Waals surface area contributed by atoms with Gasteiger partial charge in [0.05, 0.1) is 0 Å². The first-order valence-electron chi connectivity index (χ1n) is 9.39. The molecule has 138 valence electrons. The third kappa shape index (κ3) is 4.50. The van der Waals surface area contributed by atoms with E-state index < -0.39 is 0 Å².